The molecule has 2 aliphatic carbocycles. The van der Waals surface area contributed by atoms with Gasteiger partial charge in [0.1, 0.15) is 34.7 Å². The van der Waals surface area contributed by atoms with Gasteiger partial charge in [-0.3, -0.25) is 10.2 Å². The maximum Gasteiger partial charge on any atom is 0.218 e. The predicted octanol–water partition coefficient (Wildman–Crippen LogP) is 4.09. The summed E-state index contributed by atoms with van der Waals surface area (Å²) in [4.78, 5) is 21.2. The quantitative estimate of drug-likeness (QED) is 0.460. The van der Waals surface area contributed by atoms with Gasteiger partial charge in [0.15, 0.2) is 5.82 Å². The summed E-state index contributed by atoms with van der Waals surface area (Å²) in [5.74, 6) is 0.286. The number of Topliss-reactive ketones (excluding diaryl/α,β-unsaturated/α-hetero) is 1. The van der Waals surface area contributed by atoms with Crippen LogP contribution in [-0.4, -0.2) is 51.4 Å². The van der Waals surface area contributed by atoms with E-state index in [1.54, 1.807) is 0 Å². The molecule has 2 heterocycles. The van der Waals surface area contributed by atoms with Crippen molar-refractivity contribution in [2.75, 3.05) is 6.54 Å². The van der Waals surface area contributed by atoms with E-state index in [0.29, 0.717) is 50.6 Å². The van der Waals surface area contributed by atoms with Gasteiger partial charge in [0, 0.05) is 30.6 Å². The number of rotatable bonds is 5. The number of ketones is 1. The zero-order valence-electron chi connectivity index (χ0n) is 17.6. The van der Waals surface area contributed by atoms with Crippen LogP contribution in [0, 0.1) is 10.8 Å². The first-order valence-electron chi connectivity index (χ1n) is 10.9. The van der Waals surface area contributed by atoms with Crippen LogP contribution in [-0.2, 0) is 4.79 Å². The Morgan fingerprint density at radius 3 is 2.84 bits per heavy atom. The highest BCUT2D eigenvalue weighted by molar-refractivity contribution is 6.29. The average Bonchev–Trinajstić information content (AvgIpc) is 3.17. The molecule has 1 saturated carbocycles. The lowest BCUT2D eigenvalue weighted by Gasteiger charge is -2.39. The Hall–Kier alpha value is -2.06. The Kier molecular flexibility index (Phi) is 6.30. The van der Waals surface area contributed by atoms with Gasteiger partial charge in [-0.15, -0.1) is 0 Å². The highest BCUT2D eigenvalue weighted by Gasteiger charge is 2.47. The lowest BCUT2D eigenvalue weighted by atomic mass is 9.64. The number of nitrogens with one attached hydrogen (secondary N) is 2. The third-order valence-electron chi connectivity index (χ3n) is 6.74. The minimum Gasteiger partial charge on any atom is -0.511 e. The summed E-state index contributed by atoms with van der Waals surface area (Å²) in [5, 5.41) is 22.9. The number of hydrogen-bond acceptors (Lipinski definition) is 7. The molecule has 1 saturated heterocycles. The van der Waals surface area contributed by atoms with Gasteiger partial charge in [0.05, 0.1) is 5.41 Å². The highest BCUT2D eigenvalue weighted by atomic mass is 35.5. The van der Waals surface area contributed by atoms with Crippen molar-refractivity contribution in [1.29, 1.82) is 5.41 Å². The van der Waals surface area contributed by atoms with Crippen LogP contribution >= 0.6 is 11.6 Å². The summed E-state index contributed by atoms with van der Waals surface area (Å²) in [7, 11) is 0. The van der Waals surface area contributed by atoms with E-state index in [-0.39, 0.29) is 46.3 Å². The molecule has 1 spiro atoms. The van der Waals surface area contributed by atoms with Crippen molar-refractivity contribution in [3.63, 3.8) is 0 Å². The van der Waals surface area contributed by atoms with Crippen molar-refractivity contribution >= 4 is 23.1 Å². The highest BCUT2D eigenvalue weighted by Crippen LogP contribution is 2.48. The standard InChI is InChI=1S/C22H28ClFN4O3/c1-12(15-9-13(24)11-26-15)31-18-10-17(23)27-21(28-18)19(25)14-5-4-8-22(20(14)30)7-3-2-6-16(22)29/h10,12-13,15,25-26,30H,2-9,11H2,1H3/t12-,13+,15-,22+/m0/s1. The number of hydrogen-bond donors (Lipinski definition) is 3. The van der Waals surface area contributed by atoms with Crippen molar-refractivity contribution in [3.8, 4) is 5.88 Å². The monoisotopic (exact) mass is 450 g/mol. The van der Waals surface area contributed by atoms with Crippen LogP contribution in [0.15, 0.2) is 17.4 Å². The van der Waals surface area contributed by atoms with E-state index < -0.39 is 11.6 Å². The molecular formula is C22H28ClFN4O3. The van der Waals surface area contributed by atoms with Crippen LogP contribution in [0.5, 0.6) is 5.88 Å². The van der Waals surface area contributed by atoms with Crippen molar-refractivity contribution in [2.45, 2.75) is 76.6 Å². The van der Waals surface area contributed by atoms with E-state index in [9.17, 15) is 14.3 Å². The fourth-order valence-electron chi connectivity index (χ4n) is 5.00. The van der Waals surface area contributed by atoms with Gasteiger partial charge in [-0.2, -0.15) is 4.98 Å². The first kappa shape index (κ1) is 22.1. The Labute approximate surface area is 186 Å². The fraction of sp³-hybridized carbons (Fsp3) is 0.636. The molecule has 4 atom stereocenters. The van der Waals surface area contributed by atoms with E-state index in [1.165, 1.54) is 6.07 Å². The molecule has 0 bridgehead atoms. The first-order chi connectivity index (χ1) is 14.8. The number of carbonyl (C=O) groups is 1. The molecule has 7 nitrogen and oxygen atoms in total. The van der Waals surface area contributed by atoms with Crippen molar-refractivity contribution < 1.29 is 19.0 Å². The van der Waals surface area contributed by atoms with Gasteiger partial charge in [-0.1, -0.05) is 18.0 Å². The zero-order valence-corrected chi connectivity index (χ0v) is 18.3. The topological polar surface area (TPSA) is 108 Å². The molecule has 1 aromatic rings. The minimum atomic E-state index is -0.898. The summed E-state index contributed by atoms with van der Waals surface area (Å²) in [6.07, 6.45) is 3.72. The Balaban J connectivity index is 1.59. The second-order valence-corrected chi connectivity index (χ2v) is 9.18. The van der Waals surface area contributed by atoms with E-state index >= 15 is 0 Å². The molecule has 0 aromatic carbocycles. The number of allylic oxidation sites excluding steroid dienone is 2. The Morgan fingerprint density at radius 1 is 1.35 bits per heavy atom. The molecular weight excluding hydrogens is 423 g/mol. The number of aromatic nitrogens is 2. The lowest BCUT2D eigenvalue weighted by molar-refractivity contribution is -0.131. The van der Waals surface area contributed by atoms with Gasteiger partial charge < -0.3 is 15.2 Å². The molecule has 9 heteroatoms. The van der Waals surface area contributed by atoms with Gasteiger partial charge in [0.25, 0.3) is 0 Å². The Bertz CT molecular complexity index is 924. The molecule has 0 unspecified atom stereocenters. The molecule has 168 valence electrons. The first-order valence-corrected chi connectivity index (χ1v) is 11.3. The largest absolute Gasteiger partial charge is 0.511 e. The molecule has 3 aliphatic rings. The van der Waals surface area contributed by atoms with E-state index in [0.717, 1.165) is 12.8 Å². The predicted molar refractivity (Wildman–Crippen MR) is 115 cm³/mol. The minimum absolute atomic E-state index is 0.00277. The molecule has 3 N–H and O–H groups in total. The third-order valence-corrected chi connectivity index (χ3v) is 6.94. The molecule has 0 radical (unpaired) electrons. The van der Waals surface area contributed by atoms with Crippen molar-refractivity contribution in [1.82, 2.24) is 15.3 Å². The summed E-state index contributed by atoms with van der Waals surface area (Å²) in [6, 6.07) is 1.31. The van der Waals surface area contributed by atoms with Crippen LogP contribution in [0.3, 0.4) is 0 Å². The van der Waals surface area contributed by atoms with Crippen LogP contribution < -0.4 is 10.1 Å². The summed E-state index contributed by atoms with van der Waals surface area (Å²) in [6.45, 7) is 2.12. The van der Waals surface area contributed by atoms with Gasteiger partial charge >= 0.3 is 0 Å². The van der Waals surface area contributed by atoms with Crippen LogP contribution in [0.25, 0.3) is 0 Å². The maximum atomic E-state index is 13.5. The average molecular weight is 451 g/mol. The van der Waals surface area contributed by atoms with Gasteiger partial charge in [-0.05, 0) is 45.4 Å². The van der Waals surface area contributed by atoms with E-state index in [1.807, 2.05) is 6.92 Å². The van der Waals surface area contributed by atoms with Gasteiger partial charge in [0.2, 0.25) is 5.88 Å². The maximum absolute atomic E-state index is 13.5. The molecule has 31 heavy (non-hydrogen) atoms. The second kappa shape index (κ2) is 8.82. The molecule has 1 aromatic heterocycles. The molecule has 0 amide bonds. The number of carbonyl (C=O) groups excluding carboxylic acids is 1. The SMILES string of the molecule is C[C@H](Oc1cc(Cl)nc(C(=N)C2=C(O)[C@]3(CCCCC3=O)CCC2)n1)[C@@H]1C[C@@H](F)CN1. The number of halogens is 2. The lowest BCUT2D eigenvalue weighted by Crippen LogP contribution is -2.39. The Morgan fingerprint density at radius 2 is 2.13 bits per heavy atom. The van der Waals surface area contributed by atoms with Gasteiger partial charge in [-0.25, -0.2) is 9.37 Å². The van der Waals surface area contributed by atoms with E-state index in [4.69, 9.17) is 21.7 Å². The van der Waals surface area contributed by atoms with Crippen molar-refractivity contribution in [3.05, 3.63) is 28.4 Å². The number of aliphatic hydroxyl groups excluding tert-OH is 1. The zero-order chi connectivity index (χ0) is 22.2. The molecule has 4 rings (SSSR count). The summed E-state index contributed by atoms with van der Waals surface area (Å²) < 4.78 is 19.3. The fourth-order valence-corrected chi connectivity index (χ4v) is 5.17. The number of alkyl halides is 1. The van der Waals surface area contributed by atoms with Crippen LogP contribution in [0.4, 0.5) is 4.39 Å². The number of ether oxygens (including phenoxy) is 1. The molecule has 1 aliphatic heterocycles. The summed E-state index contributed by atoms with van der Waals surface area (Å²) >= 11 is 6.16. The third kappa shape index (κ3) is 4.32. The number of nitrogens with zero attached hydrogens (tertiary/aromatic N) is 2. The van der Waals surface area contributed by atoms with Crippen LogP contribution in [0.1, 0.15) is 64.1 Å². The van der Waals surface area contributed by atoms with Crippen molar-refractivity contribution in [2.24, 2.45) is 5.41 Å². The number of aliphatic hydroxyl groups is 1. The smallest absolute Gasteiger partial charge is 0.218 e. The van der Waals surface area contributed by atoms with E-state index in [2.05, 4.69) is 15.3 Å². The molecule has 2 fully saturated rings. The van der Waals surface area contributed by atoms with Crippen LogP contribution in [0.2, 0.25) is 5.15 Å². The summed E-state index contributed by atoms with van der Waals surface area (Å²) in [5.41, 5.74) is -0.514. The normalized spacial score (nSPS) is 30.0. The second-order valence-electron chi connectivity index (χ2n) is 8.79.